The van der Waals surface area contributed by atoms with Crippen molar-refractivity contribution in [2.75, 3.05) is 6.61 Å². The first-order valence-corrected chi connectivity index (χ1v) is 8.42. The molecule has 2 aliphatic rings. The third kappa shape index (κ3) is 3.70. The molecule has 0 bridgehead atoms. The lowest BCUT2D eigenvalue weighted by atomic mass is 9.90. The minimum absolute atomic E-state index is 0.503. The molecule has 0 unspecified atom stereocenters. The number of carboxylic acid groups (broad SMARTS) is 1. The summed E-state index contributed by atoms with van der Waals surface area (Å²) in [5.74, 6) is 0.742. The van der Waals surface area contributed by atoms with Crippen LogP contribution in [0.5, 0.6) is 5.75 Å². The molecule has 1 saturated carbocycles. The second kappa shape index (κ2) is 6.99. The summed E-state index contributed by atoms with van der Waals surface area (Å²) in [6.45, 7) is 0.786. The van der Waals surface area contributed by atoms with Crippen LogP contribution in [0.15, 0.2) is 23.8 Å². The van der Waals surface area contributed by atoms with Gasteiger partial charge in [0.15, 0.2) is 0 Å². The molecule has 0 heterocycles. The van der Waals surface area contributed by atoms with Crippen molar-refractivity contribution in [3.05, 3.63) is 34.9 Å². The average molecular weight is 300 g/mol. The summed E-state index contributed by atoms with van der Waals surface area (Å²) in [5.41, 5.74) is 2.74. The molecule has 1 aromatic carbocycles. The van der Waals surface area contributed by atoms with Gasteiger partial charge in [-0.1, -0.05) is 25.3 Å². The second-order valence-corrected chi connectivity index (χ2v) is 6.50. The van der Waals surface area contributed by atoms with Gasteiger partial charge in [-0.3, -0.25) is 0 Å². The van der Waals surface area contributed by atoms with Crippen LogP contribution in [-0.2, 0) is 11.2 Å². The fourth-order valence-corrected chi connectivity index (χ4v) is 3.49. The first-order chi connectivity index (χ1) is 10.7. The Morgan fingerprint density at radius 3 is 2.73 bits per heavy atom. The van der Waals surface area contributed by atoms with Crippen molar-refractivity contribution in [2.24, 2.45) is 5.92 Å². The Hall–Kier alpha value is -1.77. The number of carbonyl (C=O) groups is 1. The molecule has 1 N–H and O–H groups in total. The van der Waals surface area contributed by atoms with Gasteiger partial charge in [-0.25, -0.2) is 4.79 Å². The van der Waals surface area contributed by atoms with Crippen molar-refractivity contribution in [3.8, 4) is 5.75 Å². The number of benzene rings is 1. The molecule has 0 saturated heterocycles. The van der Waals surface area contributed by atoms with E-state index in [0.717, 1.165) is 30.8 Å². The smallest absolute Gasteiger partial charge is 0.331 e. The van der Waals surface area contributed by atoms with Crippen molar-refractivity contribution in [3.63, 3.8) is 0 Å². The van der Waals surface area contributed by atoms with Crippen molar-refractivity contribution in [1.29, 1.82) is 0 Å². The van der Waals surface area contributed by atoms with Gasteiger partial charge in [-0.2, -0.15) is 0 Å². The SMILES string of the molecule is O=C(O)C1=Cc2cc(OCC3CCCCC3)ccc2CCC1. The largest absolute Gasteiger partial charge is 0.493 e. The van der Waals surface area contributed by atoms with E-state index in [1.807, 2.05) is 18.2 Å². The van der Waals surface area contributed by atoms with Crippen LogP contribution in [0.25, 0.3) is 6.08 Å². The molecule has 118 valence electrons. The predicted octanol–water partition coefficient (Wildman–Crippen LogP) is 4.45. The van der Waals surface area contributed by atoms with E-state index in [0.29, 0.717) is 17.9 Å². The minimum atomic E-state index is -0.804. The van der Waals surface area contributed by atoms with Crippen LogP contribution in [0.3, 0.4) is 0 Å². The van der Waals surface area contributed by atoms with Crippen molar-refractivity contribution in [1.82, 2.24) is 0 Å². The van der Waals surface area contributed by atoms with Crippen LogP contribution in [-0.4, -0.2) is 17.7 Å². The van der Waals surface area contributed by atoms with Gasteiger partial charge >= 0.3 is 5.97 Å². The molecule has 2 aliphatic carbocycles. The van der Waals surface area contributed by atoms with Crippen LogP contribution >= 0.6 is 0 Å². The molecule has 0 amide bonds. The van der Waals surface area contributed by atoms with Gasteiger partial charge in [0.2, 0.25) is 0 Å². The number of aryl methyl sites for hydroxylation is 1. The number of hydrogen-bond acceptors (Lipinski definition) is 2. The molecule has 1 aromatic rings. The third-order valence-corrected chi connectivity index (χ3v) is 4.82. The summed E-state index contributed by atoms with van der Waals surface area (Å²) in [7, 11) is 0. The molecule has 0 aliphatic heterocycles. The van der Waals surface area contributed by atoms with E-state index in [1.54, 1.807) is 0 Å². The van der Waals surface area contributed by atoms with Crippen LogP contribution in [0.1, 0.15) is 56.1 Å². The van der Waals surface area contributed by atoms with E-state index >= 15 is 0 Å². The van der Waals surface area contributed by atoms with Crippen molar-refractivity contribution >= 4 is 12.0 Å². The number of aliphatic carboxylic acids is 1. The Morgan fingerprint density at radius 1 is 1.14 bits per heavy atom. The van der Waals surface area contributed by atoms with Gasteiger partial charge in [0.05, 0.1) is 6.61 Å². The fourth-order valence-electron chi connectivity index (χ4n) is 3.49. The highest BCUT2D eigenvalue weighted by Gasteiger charge is 2.16. The van der Waals surface area contributed by atoms with Gasteiger partial charge in [-0.15, -0.1) is 0 Å². The Morgan fingerprint density at radius 2 is 1.95 bits per heavy atom. The molecular weight excluding hydrogens is 276 g/mol. The number of hydrogen-bond donors (Lipinski definition) is 1. The van der Waals surface area contributed by atoms with Gasteiger partial charge in [0.25, 0.3) is 0 Å². The third-order valence-electron chi connectivity index (χ3n) is 4.82. The molecule has 1 fully saturated rings. The minimum Gasteiger partial charge on any atom is -0.493 e. The van der Waals surface area contributed by atoms with Gasteiger partial charge in [-0.05, 0) is 67.4 Å². The molecular formula is C19H24O3. The lowest BCUT2D eigenvalue weighted by molar-refractivity contribution is -0.132. The van der Waals surface area contributed by atoms with Gasteiger partial charge < -0.3 is 9.84 Å². The van der Waals surface area contributed by atoms with Crippen LogP contribution < -0.4 is 4.74 Å². The standard InChI is InChI=1S/C19H24O3/c20-19(21)16-8-4-7-15-9-10-18(12-17(15)11-16)22-13-14-5-2-1-3-6-14/h9-12,14H,1-8,13H2,(H,20,21). The monoisotopic (exact) mass is 300 g/mol. The first kappa shape index (κ1) is 15.1. The van der Waals surface area contributed by atoms with Crippen LogP contribution in [0, 0.1) is 5.92 Å². The van der Waals surface area contributed by atoms with Gasteiger partial charge in [0, 0.05) is 5.57 Å². The number of rotatable bonds is 4. The van der Waals surface area contributed by atoms with E-state index < -0.39 is 5.97 Å². The average Bonchev–Trinajstić information content (AvgIpc) is 2.76. The van der Waals surface area contributed by atoms with Crippen LogP contribution in [0.4, 0.5) is 0 Å². The Kier molecular flexibility index (Phi) is 4.81. The second-order valence-electron chi connectivity index (χ2n) is 6.50. The van der Waals surface area contributed by atoms with Crippen LogP contribution in [0.2, 0.25) is 0 Å². The maximum absolute atomic E-state index is 11.2. The van der Waals surface area contributed by atoms with E-state index in [-0.39, 0.29) is 0 Å². The summed E-state index contributed by atoms with van der Waals surface area (Å²) in [6.07, 6.45) is 10.8. The van der Waals surface area contributed by atoms with E-state index in [1.165, 1.54) is 37.7 Å². The van der Waals surface area contributed by atoms with E-state index in [4.69, 9.17) is 4.74 Å². The van der Waals surface area contributed by atoms with Crippen molar-refractivity contribution in [2.45, 2.75) is 51.4 Å². The molecule has 0 spiro atoms. The predicted molar refractivity (Wildman–Crippen MR) is 87.1 cm³/mol. The molecule has 3 nitrogen and oxygen atoms in total. The summed E-state index contributed by atoms with van der Waals surface area (Å²) in [4.78, 5) is 11.2. The highest BCUT2D eigenvalue weighted by molar-refractivity contribution is 5.92. The summed E-state index contributed by atoms with van der Waals surface area (Å²) < 4.78 is 5.97. The highest BCUT2D eigenvalue weighted by Crippen LogP contribution is 2.28. The molecule has 0 radical (unpaired) electrons. The summed E-state index contributed by atoms with van der Waals surface area (Å²) in [6, 6.07) is 6.13. The topological polar surface area (TPSA) is 46.5 Å². The first-order valence-electron chi connectivity index (χ1n) is 8.42. The Bertz CT molecular complexity index is 568. The maximum atomic E-state index is 11.2. The van der Waals surface area contributed by atoms with E-state index in [9.17, 15) is 9.90 Å². The summed E-state index contributed by atoms with van der Waals surface area (Å²) in [5, 5.41) is 9.23. The molecule has 3 rings (SSSR count). The zero-order valence-electron chi connectivity index (χ0n) is 13.0. The lowest BCUT2D eigenvalue weighted by Crippen LogP contribution is -2.15. The normalized spacial score (nSPS) is 19.0. The lowest BCUT2D eigenvalue weighted by Gasteiger charge is -2.21. The molecule has 22 heavy (non-hydrogen) atoms. The van der Waals surface area contributed by atoms with E-state index in [2.05, 4.69) is 6.07 Å². The molecule has 0 atom stereocenters. The van der Waals surface area contributed by atoms with Crippen molar-refractivity contribution < 1.29 is 14.6 Å². The number of fused-ring (bicyclic) bond motifs is 1. The zero-order chi connectivity index (χ0) is 15.4. The fraction of sp³-hybridized carbons (Fsp3) is 0.526. The molecule has 3 heteroatoms. The number of ether oxygens (including phenoxy) is 1. The molecule has 0 aromatic heterocycles. The highest BCUT2D eigenvalue weighted by atomic mass is 16.5. The van der Waals surface area contributed by atoms with Gasteiger partial charge in [0.1, 0.15) is 5.75 Å². The zero-order valence-corrected chi connectivity index (χ0v) is 13.0. The maximum Gasteiger partial charge on any atom is 0.331 e. The quantitative estimate of drug-likeness (QED) is 0.893. The Balaban J connectivity index is 1.71. The Labute approximate surface area is 132 Å². The number of carboxylic acids is 1. The summed E-state index contributed by atoms with van der Waals surface area (Å²) >= 11 is 0.